The average Bonchev–Trinajstić information content (AvgIpc) is 2.93. The van der Waals surface area contributed by atoms with Crippen molar-refractivity contribution < 1.29 is 23.6 Å². The molecular formula is C14H15FN2O4. The molecule has 0 amide bonds. The highest BCUT2D eigenvalue weighted by atomic mass is 19.1. The second kappa shape index (κ2) is 6.36. The fraction of sp³-hybridized carbons (Fsp3) is 0.286. The summed E-state index contributed by atoms with van der Waals surface area (Å²) in [6, 6.07) is 4.44. The van der Waals surface area contributed by atoms with Crippen LogP contribution in [0, 0.1) is 5.82 Å². The lowest BCUT2D eigenvalue weighted by Gasteiger charge is -2.25. The molecule has 0 unspecified atom stereocenters. The molecule has 0 fully saturated rings. The summed E-state index contributed by atoms with van der Waals surface area (Å²) in [5.74, 6) is -1.36. The van der Waals surface area contributed by atoms with E-state index in [9.17, 15) is 14.3 Å². The third-order valence-corrected chi connectivity index (χ3v) is 3.07. The van der Waals surface area contributed by atoms with Gasteiger partial charge >= 0.3 is 5.97 Å². The number of benzene rings is 1. The fourth-order valence-electron chi connectivity index (χ4n) is 2.14. The number of carbonyl (C=O) groups is 1. The number of rotatable bonds is 6. The van der Waals surface area contributed by atoms with Gasteiger partial charge in [0.25, 0.3) is 0 Å². The summed E-state index contributed by atoms with van der Waals surface area (Å²) >= 11 is 0. The molecule has 0 saturated heterocycles. The van der Waals surface area contributed by atoms with Crippen molar-refractivity contribution in [1.82, 2.24) is 10.1 Å². The van der Waals surface area contributed by atoms with E-state index < -0.39 is 17.8 Å². The molecule has 0 aliphatic rings. The van der Waals surface area contributed by atoms with Gasteiger partial charge in [-0.2, -0.15) is 0 Å². The van der Waals surface area contributed by atoms with Crippen molar-refractivity contribution in [2.75, 3.05) is 14.2 Å². The molecule has 2 rings (SSSR count). The number of nitrogens with zero attached hydrogens (tertiary/aromatic N) is 2. The minimum atomic E-state index is -1.06. The normalized spacial score (nSPS) is 12.4. The van der Waals surface area contributed by atoms with Crippen LogP contribution >= 0.6 is 0 Å². The number of halogens is 1. The Kier molecular flexibility index (Phi) is 4.54. The first-order valence-electron chi connectivity index (χ1n) is 6.18. The van der Waals surface area contributed by atoms with E-state index in [2.05, 4.69) is 5.16 Å². The Morgan fingerprint density at radius 3 is 2.86 bits per heavy atom. The monoisotopic (exact) mass is 294 g/mol. The molecule has 0 saturated carbocycles. The van der Waals surface area contributed by atoms with Gasteiger partial charge in [0.05, 0.1) is 12.8 Å². The molecule has 21 heavy (non-hydrogen) atoms. The lowest BCUT2D eigenvalue weighted by atomic mass is 10.0. The molecule has 1 aromatic heterocycles. The number of carboxylic acids is 1. The van der Waals surface area contributed by atoms with E-state index in [0.29, 0.717) is 11.3 Å². The van der Waals surface area contributed by atoms with Crippen LogP contribution in [-0.4, -0.2) is 35.3 Å². The van der Waals surface area contributed by atoms with Crippen LogP contribution in [0.1, 0.15) is 17.3 Å². The third kappa shape index (κ3) is 3.38. The fourth-order valence-corrected chi connectivity index (χ4v) is 2.14. The Hall–Kier alpha value is -2.41. The highest BCUT2D eigenvalue weighted by Crippen LogP contribution is 2.30. The van der Waals surface area contributed by atoms with Crippen molar-refractivity contribution in [3.63, 3.8) is 0 Å². The van der Waals surface area contributed by atoms with Gasteiger partial charge in [-0.25, -0.2) is 4.39 Å². The maximum atomic E-state index is 13.2. The topological polar surface area (TPSA) is 75.8 Å². The number of aromatic nitrogens is 1. The zero-order chi connectivity index (χ0) is 15.4. The second-order valence-electron chi connectivity index (χ2n) is 4.53. The molecule has 7 heteroatoms. The van der Waals surface area contributed by atoms with Gasteiger partial charge in [-0.3, -0.25) is 9.69 Å². The molecule has 0 aliphatic heterocycles. The predicted octanol–water partition coefficient (Wildman–Crippen LogP) is 2.08. The standard InChI is InChI=1S/C14H15FN2O4/c1-17(8-10-5-6-21-16-10)13(14(18)19)11-4-3-9(15)7-12(11)20-2/h3-7,13H,8H2,1-2H3,(H,18,19)/t13-/m0/s1. The summed E-state index contributed by atoms with van der Waals surface area (Å²) in [5.41, 5.74) is 0.974. The molecule has 1 atom stereocenters. The van der Waals surface area contributed by atoms with Gasteiger partial charge in [0, 0.05) is 24.2 Å². The summed E-state index contributed by atoms with van der Waals surface area (Å²) < 4.78 is 23.0. The third-order valence-electron chi connectivity index (χ3n) is 3.07. The molecule has 0 bridgehead atoms. The molecule has 2 aromatic rings. The number of hydrogen-bond donors (Lipinski definition) is 1. The number of methoxy groups -OCH3 is 1. The van der Waals surface area contributed by atoms with E-state index in [4.69, 9.17) is 9.26 Å². The summed E-state index contributed by atoms with van der Waals surface area (Å²) in [6.07, 6.45) is 1.41. The van der Waals surface area contributed by atoms with E-state index in [0.717, 1.165) is 6.07 Å². The Labute approximate surface area is 120 Å². The van der Waals surface area contributed by atoms with E-state index in [1.54, 1.807) is 18.0 Å². The van der Waals surface area contributed by atoms with Gasteiger partial charge < -0.3 is 14.4 Å². The first-order chi connectivity index (χ1) is 10.0. The van der Waals surface area contributed by atoms with Gasteiger partial charge in [-0.05, 0) is 13.1 Å². The Morgan fingerprint density at radius 2 is 2.29 bits per heavy atom. The Morgan fingerprint density at radius 1 is 1.52 bits per heavy atom. The molecule has 0 spiro atoms. The quantitative estimate of drug-likeness (QED) is 0.879. The van der Waals surface area contributed by atoms with E-state index in [1.165, 1.54) is 25.5 Å². The van der Waals surface area contributed by atoms with Crippen LogP contribution in [0.4, 0.5) is 4.39 Å². The summed E-state index contributed by atoms with van der Waals surface area (Å²) in [5, 5.41) is 13.2. The van der Waals surface area contributed by atoms with Gasteiger partial charge in [-0.15, -0.1) is 0 Å². The number of likely N-dealkylation sites (N-methyl/N-ethyl adjacent to an activating group) is 1. The zero-order valence-corrected chi connectivity index (χ0v) is 11.6. The zero-order valence-electron chi connectivity index (χ0n) is 11.6. The van der Waals surface area contributed by atoms with E-state index >= 15 is 0 Å². The van der Waals surface area contributed by atoms with Crippen molar-refractivity contribution in [3.05, 3.63) is 47.6 Å². The van der Waals surface area contributed by atoms with Crippen molar-refractivity contribution >= 4 is 5.97 Å². The van der Waals surface area contributed by atoms with Crippen molar-refractivity contribution in [3.8, 4) is 5.75 Å². The first-order valence-corrected chi connectivity index (χ1v) is 6.18. The van der Waals surface area contributed by atoms with E-state index in [1.807, 2.05) is 0 Å². The molecule has 1 heterocycles. The first kappa shape index (κ1) is 15.0. The molecule has 1 aromatic carbocycles. The Bertz CT molecular complexity index is 615. The number of ether oxygens (including phenoxy) is 1. The van der Waals surface area contributed by atoms with Crippen LogP contribution in [0.2, 0.25) is 0 Å². The molecular weight excluding hydrogens is 279 g/mol. The molecule has 112 valence electrons. The van der Waals surface area contributed by atoms with E-state index in [-0.39, 0.29) is 12.3 Å². The van der Waals surface area contributed by atoms with Crippen LogP contribution in [-0.2, 0) is 11.3 Å². The Balaban J connectivity index is 2.32. The van der Waals surface area contributed by atoms with Gasteiger partial charge in [0.1, 0.15) is 23.9 Å². The van der Waals surface area contributed by atoms with Crippen LogP contribution in [0.3, 0.4) is 0 Å². The van der Waals surface area contributed by atoms with Crippen LogP contribution < -0.4 is 4.74 Å². The minimum absolute atomic E-state index is 0.189. The largest absolute Gasteiger partial charge is 0.496 e. The van der Waals surface area contributed by atoms with Crippen LogP contribution in [0.5, 0.6) is 5.75 Å². The number of carboxylic acid groups (broad SMARTS) is 1. The molecule has 0 radical (unpaired) electrons. The smallest absolute Gasteiger partial charge is 0.325 e. The van der Waals surface area contributed by atoms with Crippen molar-refractivity contribution in [2.24, 2.45) is 0 Å². The van der Waals surface area contributed by atoms with Gasteiger partial charge in [0.15, 0.2) is 0 Å². The van der Waals surface area contributed by atoms with Gasteiger partial charge in [0.2, 0.25) is 0 Å². The molecule has 1 N–H and O–H groups in total. The average molecular weight is 294 g/mol. The highest BCUT2D eigenvalue weighted by molar-refractivity contribution is 5.76. The summed E-state index contributed by atoms with van der Waals surface area (Å²) in [4.78, 5) is 13.2. The lowest BCUT2D eigenvalue weighted by molar-refractivity contribution is -0.143. The van der Waals surface area contributed by atoms with Crippen molar-refractivity contribution in [2.45, 2.75) is 12.6 Å². The van der Waals surface area contributed by atoms with Gasteiger partial charge in [-0.1, -0.05) is 11.2 Å². The molecule has 6 nitrogen and oxygen atoms in total. The predicted molar refractivity (Wildman–Crippen MR) is 71.3 cm³/mol. The number of hydrogen-bond acceptors (Lipinski definition) is 5. The molecule has 0 aliphatic carbocycles. The SMILES string of the molecule is COc1cc(F)ccc1[C@@H](C(=O)O)N(C)Cc1ccon1. The summed E-state index contributed by atoms with van der Waals surface area (Å²) in [6.45, 7) is 0.272. The van der Waals surface area contributed by atoms with Crippen LogP contribution in [0.25, 0.3) is 0 Å². The second-order valence-corrected chi connectivity index (χ2v) is 4.53. The number of aliphatic carboxylic acids is 1. The highest BCUT2D eigenvalue weighted by Gasteiger charge is 2.28. The maximum Gasteiger partial charge on any atom is 0.325 e. The van der Waals surface area contributed by atoms with Crippen LogP contribution in [0.15, 0.2) is 35.1 Å². The van der Waals surface area contributed by atoms with Crippen molar-refractivity contribution in [1.29, 1.82) is 0 Å². The minimum Gasteiger partial charge on any atom is -0.496 e. The lowest BCUT2D eigenvalue weighted by Crippen LogP contribution is -2.31. The summed E-state index contributed by atoms with van der Waals surface area (Å²) in [7, 11) is 3.01. The maximum absolute atomic E-state index is 13.2.